The molecule has 0 fully saturated rings. The summed E-state index contributed by atoms with van der Waals surface area (Å²) in [5, 5.41) is 4.64. The molecule has 0 aliphatic rings. The maximum atomic E-state index is 13.2. The molecule has 1 heterocycles. The Labute approximate surface area is 171 Å². The summed E-state index contributed by atoms with van der Waals surface area (Å²) in [4.78, 5) is 14.9. The number of rotatable bonds is 8. The smallest absolute Gasteiger partial charge is 0.274 e. The lowest BCUT2D eigenvalue weighted by molar-refractivity contribution is 0.0788. The second-order valence-electron chi connectivity index (χ2n) is 6.82. The fraction of sp³-hybridized carbons (Fsp3) is 0.304. The van der Waals surface area contributed by atoms with Gasteiger partial charge in [0.1, 0.15) is 0 Å². The molecule has 0 unspecified atom stereocenters. The Morgan fingerprint density at radius 1 is 1.07 bits per heavy atom. The van der Waals surface area contributed by atoms with Crippen LogP contribution in [0, 0.1) is 0 Å². The minimum atomic E-state index is -0.0992. The van der Waals surface area contributed by atoms with Crippen molar-refractivity contribution in [2.75, 3.05) is 27.8 Å². The highest BCUT2D eigenvalue weighted by Crippen LogP contribution is 2.34. The summed E-state index contributed by atoms with van der Waals surface area (Å²) in [7, 11) is 5.01. The van der Waals surface area contributed by atoms with Crippen LogP contribution >= 0.6 is 0 Å². The van der Waals surface area contributed by atoms with Crippen LogP contribution in [0.25, 0.3) is 16.8 Å². The Morgan fingerprint density at radius 2 is 1.79 bits per heavy atom. The standard InChI is InChI=1S/C23H27N3O3/c1-5-6-14-25(2)23(27)22-19(16-26(24-22)18-10-8-7-9-11-18)17-12-13-20(28-3)21(15-17)29-4/h7-13,15-16H,5-6,14H2,1-4H3. The van der Waals surface area contributed by atoms with Crippen molar-refractivity contribution in [2.45, 2.75) is 19.8 Å². The van der Waals surface area contributed by atoms with E-state index in [4.69, 9.17) is 9.47 Å². The Morgan fingerprint density at radius 3 is 2.45 bits per heavy atom. The zero-order chi connectivity index (χ0) is 20.8. The third-order valence-corrected chi connectivity index (χ3v) is 4.83. The molecule has 3 rings (SSSR count). The number of aromatic nitrogens is 2. The van der Waals surface area contributed by atoms with E-state index in [0.717, 1.165) is 29.7 Å². The molecule has 0 saturated heterocycles. The number of methoxy groups -OCH3 is 2. The van der Waals surface area contributed by atoms with Gasteiger partial charge >= 0.3 is 0 Å². The maximum Gasteiger partial charge on any atom is 0.274 e. The highest BCUT2D eigenvalue weighted by molar-refractivity contribution is 5.99. The summed E-state index contributed by atoms with van der Waals surface area (Å²) >= 11 is 0. The first-order valence-corrected chi connectivity index (χ1v) is 9.72. The summed E-state index contributed by atoms with van der Waals surface area (Å²) in [6.45, 7) is 2.80. The molecular weight excluding hydrogens is 366 g/mol. The van der Waals surface area contributed by atoms with Crippen molar-refractivity contribution >= 4 is 5.91 Å². The summed E-state index contributed by atoms with van der Waals surface area (Å²) in [5.41, 5.74) is 2.91. The topological polar surface area (TPSA) is 56.6 Å². The molecule has 0 saturated carbocycles. The molecule has 0 N–H and O–H groups in total. The van der Waals surface area contributed by atoms with Gasteiger partial charge in [0.15, 0.2) is 17.2 Å². The molecule has 0 bridgehead atoms. The predicted octanol–water partition coefficient (Wildman–Crippen LogP) is 4.43. The van der Waals surface area contributed by atoms with E-state index in [2.05, 4.69) is 12.0 Å². The van der Waals surface area contributed by atoms with E-state index in [1.807, 2.05) is 61.8 Å². The predicted molar refractivity (Wildman–Crippen MR) is 114 cm³/mol. The number of benzene rings is 2. The first-order chi connectivity index (χ1) is 14.1. The van der Waals surface area contributed by atoms with Crippen LogP contribution in [0.3, 0.4) is 0 Å². The van der Waals surface area contributed by atoms with Crippen molar-refractivity contribution in [3.05, 3.63) is 60.4 Å². The van der Waals surface area contributed by atoms with Crippen LogP contribution in [0.1, 0.15) is 30.3 Å². The average Bonchev–Trinajstić information content (AvgIpc) is 3.22. The van der Waals surface area contributed by atoms with Crippen molar-refractivity contribution in [3.8, 4) is 28.3 Å². The van der Waals surface area contributed by atoms with Gasteiger partial charge in [-0.1, -0.05) is 37.6 Å². The van der Waals surface area contributed by atoms with Gasteiger partial charge in [0, 0.05) is 25.4 Å². The zero-order valence-electron chi connectivity index (χ0n) is 17.4. The molecule has 0 aliphatic heterocycles. The van der Waals surface area contributed by atoms with Crippen LogP contribution in [-0.4, -0.2) is 48.4 Å². The van der Waals surface area contributed by atoms with Crippen LogP contribution in [0.15, 0.2) is 54.7 Å². The molecular formula is C23H27N3O3. The van der Waals surface area contributed by atoms with Gasteiger partial charge in [-0.05, 0) is 36.2 Å². The van der Waals surface area contributed by atoms with Gasteiger partial charge in [-0.25, -0.2) is 4.68 Å². The van der Waals surface area contributed by atoms with Crippen molar-refractivity contribution in [2.24, 2.45) is 0 Å². The number of nitrogens with zero attached hydrogens (tertiary/aromatic N) is 3. The van der Waals surface area contributed by atoms with E-state index in [-0.39, 0.29) is 5.91 Å². The van der Waals surface area contributed by atoms with E-state index in [1.54, 1.807) is 23.8 Å². The highest BCUT2D eigenvalue weighted by atomic mass is 16.5. The van der Waals surface area contributed by atoms with Gasteiger partial charge in [-0.3, -0.25) is 4.79 Å². The summed E-state index contributed by atoms with van der Waals surface area (Å²) < 4.78 is 12.5. The zero-order valence-corrected chi connectivity index (χ0v) is 17.4. The van der Waals surface area contributed by atoms with Crippen molar-refractivity contribution in [1.29, 1.82) is 0 Å². The van der Waals surface area contributed by atoms with E-state index in [9.17, 15) is 4.79 Å². The third kappa shape index (κ3) is 4.42. The van der Waals surface area contributed by atoms with E-state index < -0.39 is 0 Å². The van der Waals surface area contributed by atoms with Gasteiger partial charge in [0.25, 0.3) is 5.91 Å². The summed E-state index contributed by atoms with van der Waals surface area (Å²) in [5.74, 6) is 1.15. The number of ether oxygens (including phenoxy) is 2. The Hall–Kier alpha value is -3.28. The van der Waals surface area contributed by atoms with E-state index in [1.165, 1.54) is 0 Å². The molecule has 0 atom stereocenters. The highest BCUT2D eigenvalue weighted by Gasteiger charge is 2.22. The number of unbranched alkanes of at least 4 members (excludes halogenated alkanes) is 1. The molecule has 0 radical (unpaired) electrons. The normalized spacial score (nSPS) is 10.6. The van der Waals surface area contributed by atoms with Crippen LogP contribution in [0.2, 0.25) is 0 Å². The molecule has 29 heavy (non-hydrogen) atoms. The van der Waals surface area contributed by atoms with E-state index in [0.29, 0.717) is 23.7 Å². The second-order valence-corrected chi connectivity index (χ2v) is 6.82. The lowest BCUT2D eigenvalue weighted by Crippen LogP contribution is -2.28. The third-order valence-electron chi connectivity index (χ3n) is 4.83. The number of hydrogen-bond donors (Lipinski definition) is 0. The van der Waals surface area contributed by atoms with Gasteiger partial charge in [-0.15, -0.1) is 0 Å². The monoisotopic (exact) mass is 393 g/mol. The minimum Gasteiger partial charge on any atom is -0.493 e. The Balaban J connectivity index is 2.09. The molecule has 3 aromatic rings. The number of carbonyl (C=O) groups excluding carboxylic acids is 1. The fourth-order valence-corrected chi connectivity index (χ4v) is 3.14. The molecule has 1 amide bonds. The van der Waals surface area contributed by atoms with Gasteiger partial charge in [0.2, 0.25) is 0 Å². The van der Waals surface area contributed by atoms with Crippen molar-refractivity contribution in [3.63, 3.8) is 0 Å². The molecule has 0 aliphatic carbocycles. The van der Waals surface area contributed by atoms with E-state index >= 15 is 0 Å². The fourth-order valence-electron chi connectivity index (χ4n) is 3.14. The number of hydrogen-bond acceptors (Lipinski definition) is 4. The van der Waals surface area contributed by atoms with Crippen LogP contribution < -0.4 is 9.47 Å². The Bertz CT molecular complexity index is 967. The first-order valence-electron chi connectivity index (χ1n) is 9.72. The SMILES string of the molecule is CCCCN(C)C(=O)c1nn(-c2ccccc2)cc1-c1ccc(OC)c(OC)c1. The molecule has 2 aromatic carbocycles. The molecule has 0 spiro atoms. The van der Waals surface area contributed by atoms with Gasteiger partial charge < -0.3 is 14.4 Å². The number of para-hydroxylation sites is 1. The van der Waals surface area contributed by atoms with Crippen LogP contribution in [0.5, 0.6) is 11.5 Å². The molecule has 152 valence electrons. The number of amides is 1. The summed E-state index contributed by atoms with van der Waals surface area (Å²) in [6.07, 6.45) is 3.86. The average molecular weight is 393 g/mol. The molecule has 6 nitrogen and oxygen atoms in total. The maximum absolute atomic E-state index is 13.2. The molecule has 1 aromatic heterocycles. The van der Waals surface area contributed by atoms with Crippen LogP contribution in [-0.2, 0) is 0 Å². The Kier molecular flexibility index (Phi) is 6.54. The minimum absolute atomic E-state index is 0.0992. The van der Waals surface area contributed by atoms with Crippen LogP contribution in [0.4, 0.5) is 0 Å². The molecule has 6 heteroatoms. The second kappa shape index (κ2) is 9.28. The lowest BCUT2D eigenvalue weighted by atomic mass is 10.0. The van der Waals surface area contributed by atoms with Gasteiger partial charge in [0.05, 0.1) is 19.9 Å². The lowest BCUT2D eigenvalue weighted by Gasteiger charge is -2.16. The summed E-state index contributed by atoms with van der Waals surface area (Å²) in [6, 6.07) is 15.4. The van der Waals surface area contributed by atoms with Crippen molar-refractivity contribution < 1.29 is 14.3 Å². The number of carbonyl (C=O) groups is 1. The quantitative estimate of drug-likeness (QED) is 0.568. The van der Waals surface area contributed by atoms with Gasteiger partial charge in [-0.2, -0.15) is 5.10 Å². The van der Waals surface area contributed by atoms with Crippen molar-refractivity contribution in [1.82, 2.24) is 14.7 Å². The largest absolute Gasteiger partial charge is 0.493 e. The first kappa shape index (κ1) is 20.5.